The Morgan fingerprint density at radius 3 is 3.06 bits per heavy atom. The predicted molar refractivity (Wildman–Crippen MR) is 76.8 cm³/mol. The smallest absolute Gasteiger partial charge is 0.0761 e. The fourth-order valence-corrected chi connectivity index (χ4v) is 2.30. The maximum absolute atomic E-state index is 6.15. The van der Waals surface area contributed by atoms with Crippen LogP contribution in [0.3, 0.4) is 0 Å². The Kier molecular flexibility index (Phi) is 4.66. The summed E-state index contributed by atoms with van der Waals surface area (Å²) in [5.74, 6) is 1.12. The molecule has 2 rings (SSSR count). The molecule has 90 valence electrons. The molecule has 0 aliphatic carbocycles. The predicted octanol–water partition coefficient (Wildman–Crippen LogP) is 3.34. The lowest BCUT2D eigenvalue weighted by molar-refractivity contribution is 0.735. The van der Waals surface area contributed by atoms with E-state index < -0.39 is 0 Å². The maximum atomic E-state index is 6.15. The van der Waals surface area contributed by atoms with E-state index in [1.165, 1.54) is 5.56 Å². The highest BCUT2D eigenvalue weighted by Crippen LogP contribution is 2.24. The van der Waals surface area contributed by atoms with E-state index in [2.05, 4.69) is 16.6 Å². The largest absolute Gasteiger partial charge is 0.312 e. The van der Waals surface area contributed by atoms with Crippen LogP contribution in [0.5, 0.6) is 0 Å². The van der Waals surface area contributed by atoms with Gasteiger partial charge in [-0.05, 0) is 30.0 Å². The molecular formula is C13H15ClN2S. The van der Waals surface area contributed by atoms with Gasteiger partial charge in [0.05, 0.1) is 5.52 Å². The third-order valence-corrected chi connectivity index (χ3v) is 3.54. The Morgan fingerprint density at radius 1 is 1.35 bits per heavy atom. The van der Waals surface area contributed by atoms with Crippen molar-refractivity contribution >= 4 is 34.3 Å². The van der Waals surface area contributed by atoms with Gasteiger partial charge in [0.25, 0.3) is 0 Å². The lowest BCUT2D eigenvalue weighted by Crippen LogP contribution is -2.16. The molecule has 1 heterocycles. The fraction of sp³-hybridized carbons (Fsp3) is 0.308. The molecule has 0 saturated carbocycles. The molecule has 0 bridgehead atoms. The highest BCUT2D eigenvalue weighted by molar-refractivity contribution is 7.98. The zero-order chi connectivity index (χ0) is 12.1. The van der Waals surface area contributed by atoms with Crippen LogP contribution in [0.1, 0.15) is 5.56 Å². The van der Waals surface area contributed by atoms with Crippen LogP contribution in [-0.2, 0) is 6.54 Å². The van der Waals surface area contributed by atoms with E-state index in [9.17, 15) is 0 Å². The van der Waals surface area contributed by atoms with Crippen LogP contribution in [0.15, 0.2) is 30.5 Å². The number of aromatic nitrogens is 1. The molecule has 1 N–H and O–H groups in total. The number of hydrogen-bond acceptors (Lipinski definition) is 3. The minimum absolute atomic E-state index is 0.765. The number of pyridine rings is 1. The summed E-state index contributed by atoms with van der Waals surface area (Å²) in [6.45, 7) is 1.85. The van der Waals surface area contributed by atoms with Crippen molar-refractivity contribution in [1.82, 2.24) is 10.3 Å². The van der Waals surface area contributed by atoms with Crippen LogP contribution in [-0.4, -0.2) is 23.5 Å². The first kappa shape index (κ1) is 12.7. The van der Waals surface area contributed by atoms with E-state index in [0.29, 0.717) is 0 Å². The van der Waals surface area contributed by atoms with Gasteiger partial charge in [0.1, 0.15) is 0 Å². The summed E-state index contributed by atoms with van der Waals surface area (Å²) in [6.07, 6.45) is 3.92. The molecule has 0 radical (unpaired) electrons. The van der Waals surface area contributed by atoms with Gasteiger partial charge in [-0.1, -0.05) is 17.7 Å². The molecule has 0 fully saturated rings. The molecule has 2 nitrogen and oxygen atoms in total. The minimum Gasteiger partial charge on any atom is -0.312 e. The quantitative estimate of drug-likeness (QED) is 0.841. The summed E-state index contributed by atoms with van der Waals surface area (Å²) in [4.78, 5) is 4.41. The first-order valence-electron chi connectivity index (χ1n) is 5.54. The van der Waals surface area contributed by atoms with Crippen molar-refractivity contribution in [3.05, 3.63) is 41.0 Å². The second kappa shape index (κ2) is 6.24. The molecule has 0 amide bonds. The van der Waals surface area contributed by atoms with Gasteiger partial charge in [0.2, 0.25) is 0 Å². The Labute approximate surface area is 111 Å². The molecule has 0 aliphatic heterocycles. The lowest BCUT2D eigenvalue weighted by Gasteiger charge is -2.08. The topological polar surface area (TPSA) is 24.9 Å². The summed E-state index contributed by atoms with van der Waals surface area (Å²) >= 11 is 7.99. The van der Waals surface area contributed by atoms with Crippen LogP contribution >= 0.6 is 23.4 Å². The van der Waals surface area contributed by atoms with Crippen molar-refractivity contribution in [2.24, 2.45) is 0 Å². The normalized spacial score (nSPS) is 10.9. The number of thioether (sulfide) groups is 1. The Morgan fingerprint density at radius 2 is 2.24 bits per heavy atom. The van der Waals surface area contributed by atoms with Gasteiger partial charge >= 0.3 is 0 Å². The molecular weight excluding hydrogens is 252 g/mol. The highest BCUT2D eigenvalue weighted by Gasteiger charge is 2.04. The Bertz CT molecular complexity index is 502. The van der Waals surface area contributed by atoms with Gasteiger partial charge in [-0.3, -0.25) is 4.98 Å². The van der Waals surface area contributed by atoms with E-state index >= 15 is 0 Å². The monoisotopic (exact) mass is 266 g/mol. The van der Waals surface area contributed by atoms with E-state index in [4.69, 9.17) is 11.6 Å². The van der Waals surface area contributed by atoms with Crippen LogP contribution in [0, 0.1) is 0 Å². The van der Waals surface area contributed by atoms with Crippen LogP contribution < -0.4 is 5.32 Å². The van der Waals surface area contributed by atoms with Gasteiger partial charge in [0, 0.05) is 35.4 Å². The average molecular weight is 267 g/mol. The third-order valence-electron chi connectivity index (χ3n) is 2.60. The zero-order valence-corrected chi connectivity index (χ0v) is 11.3. The molecule has 0 unspecified atom stereocenters. The lowest BCUT2D eigenvalue weighted by atomic mass is 10.1. The Hall–Kier alpha value is -0.770. The van der Waals surface area contributed by atoms with Crippen LogP contribution in [0.25, 0.3) is 10.9 Å². The van der Waals surface area contributed by atoms with Crippen molar-refractivity contribution in [1.29, 1.82) is 0 Å². The molecule has 0 aliphatic rings. The standard InChI is InChI=1S/C13H15ClN2S/c1-17-8-7-15-9-10-4-5-12(14)11-3-2-6-16-13(10)11/h2-6,15H,7-9H2,1H3. The average Bonchev–Trinajstić information content (AvgIpc) is 2.37. The highest BCUT2D eigenvalue weighted by atomic mass is 35.5. The summed E-state index contributed by atoms with van der Waals surface area (Å²) in [5.41, 5.74) is 2.20. The molecule has 17 heavy (non-hydrogen) atoms. The zero-order valence-electron chi connectivity index (χ0n) is 9.74. The minimum atomic E-state index is 0.765. The van der Waals surface area contributed by atoms with Gasteiger partial charge in [-0.15, -0.1) is 0 Å². The van der Waals surface area contributed by atoms with Crippen molar-refractivity contribution in [3.63, 3.8) is 0 Å². The molecule has 0 saturated heterocycles. The molecule has 1 aromatic carbocycles. The summed E-state index contributed by atoms with van der Waals surface area (Å²) in [7, 11) is 0. The van der Waals surface area contributed by atoms with E-state index in [1.54, 1.807) is 0 Å². The SMILES string of the molecule is CSCCNCc1ccc(Cl)c2cccnc12. The summed E-state index contributed by atoms with van der Waals surface area (Å²) in [6, 6.07) is 7.91. The molecule has 1 aromatic heterocycles. The second-order valence-electron chi connectivity index (χ2n) is 3.78. The number of benzene rings is 1. The first-order chi connectivity index (χ1) is 8.33. The van der Waals surface area contributed by atoms with E-state index in [0.717, 1.165) is 34.8 Å². The summed E-state index contributed by atoms with van der Waals surface area (Å²) < 4.78 is 0. The van der Waals surface area contributed by atoms with Crippen LogP contribution in [0.4, 0.5) is 0 Å². The van der Waals surface area contributed by atoms with E-state index in [-0.39, 0.29) is 0 Å². The summed E-state index contributed by atoms with van der Waals surface area (Å²) in [5, 5.41) is 5.20. The molecule has 0 spiro atoms. The van der Waals surface area contributed by atoms with Crippen LogP contribution in [0.2, 0.25) is 5.02 Å². The molecule has 4 heteroatoms. The number of fused-ring (bicyclic) bond motifs is 1. The number of hydrogen-bond donors (Lipinski definition) is 1. The maximum Gasteiger partial charge on any atom is 0.0761 e. The number of nitrogens with zero attached hydrogens (tertiary/aromatic N) is 1. The molecule has 0 atom stereocenters. The van der Waals surface area contributed by atoms with Crippen molar-refractivity contribution in [2.75, 3.05) is 18.6 Å². The van der Waals surface area contributed by atoms with Crippen molar-refractivity contribution in [3.8, 4) is 0 Å². The van der Waals surface area contributed by atoms with Gasteiger partial charge in [-0.2, -0.15) is 11.8 Å². The van der Waals surface area contributed by atoms with E-state index in [1.807, 2.05) is 42.2 Å². The first-order valence-corrected chi connectivity index (χ1v) is 7.32. The van der Waals surface area contributed by atoms with Gasteiger partial charge in [0.15, 0.2) is 0 Å². The van der Waals surface area contributed by atoms with Gasteiger partial charge in [-0.25, -0.2) is 0 Å². The number of halogens is 1. The number of rotatable bonds is 5. The second-order valence-corrected chi connectivity index (χ2v) is 5.17. The molecule has 2 aromatic rings. The Balaban J connectivity index is 2.20. The fourth-order valence-electron chi connectivity index (χ4n) is 1.74. The van der Waals surface area contributed by atoms with Crippen molar-refractivity contribution < 1.29 is 0 Å². The third kappa shape index (κ3) is 3.12. The number of nitrogens with one attached hydrogen (secondary N) is 1. The van der Waals surface area contributed by atoms with Gasteiger partial charge < -0.3 is 5.32 Å². The van der Waals surface area contributed by atoms with Crippen molar-refractivity contribution in [2.45, 2.75) is 6.54 Å².